The van der Waals surface area contributed by atoms with Crippen LogP contribution in [0.5, 0.6) is 0 Å². The van der Waals surface area contributed by atoms with Crippen LogP contribution >= 0.6 is 12.2 Å². The summed E-state index contributed by atoms with van der Waals surface area (Å²) in [6.07, 6.45) is 2.57. The molecule has 74 valence electrons. The number of nitrogens with one attached hydrogen (secondary N) is 2. The summed E-state index contributed by atoms with van der Waals surface area (Å²) in [5.74, 6) is 0.795. The smallest absolute Gasteiger partial charge is 0.166 e. The molecule has 1 heterocycles. The van der Waals surface area contributed by atoms with Crippen LogP contribution in [0.25, 0.3) is 0 Å². The molecule has 0 bridgehead atoms. The van der Waals surface area contributed by atoms with Crippen molar-refractivity contribution in [2.75, 3.05) is 26.7 Å². The first kappa shape index (κ1) is 9.21. The summed E-state index contributed by atoms with van der Waals surface area (Å²) in [6, 6.07) is 0.670. The van der Waals surface area contributed by atoms with Crippen LogP contribution in [0.2, 0.25) is 0 Å². The SMILES string of the molecule is CN1CC(CNC(=S)NC2CC2)C1. The molecule has 0 aromatic heterocycles. The van der Waals surface area contributed by atoms with Gasteiger partial charge in [-0.3, -0.25) is 0 Å². The predicted molar refractivity (Wildman–Crippen MR) is 57.7 cm³/mol. The van der Waals surface area contributed by atoms with Crippen molar-refractivity contribution >= 4 is 17.3 Å². The highest BCUT2D eigenvalue weighted by Gasteiger charge is 2.24. The van der Waals surface area contributed by atoms with E-state index in [0.717, 1.165) is 17.6 Å². The van der Waals surface area contributed by atoms with E-state index in [4.69, 9.17) is 12.2 Å². The second-order valence-corrected chi connectivity index (χ2v) is 4.62. The molecule has 1 saturated carbocycles. The van der Waals surface area contributed by atoms with Crippen molar-refractivity contribution in [2.24, 2.45) is 5.92 Å². The van der Waals surface area contributed by atoms with E-state index >= 15 is 0 Å². The Morgan fingerprint density at radius 3 is 2.69 bits per heavy atom. The Morgan fingerprint density at radius 1 is 1.46 bits per heavy atom. The number of hydrogen-bond acceptors (Lipinski definition) is 2. The fourth-order valence-electron chi connectivity index (χ4n) is 1.66. The maximum Gasteiger partial charge on any atom is 0.166 e. The van der Waals surface area contributed by atoms with E-state index in [1.165, 1.54) is 25.9 Å². The minimum atomic E-state index is 0.670. The fourth-order valence-corrected chi connectivity index (χ4v) is 1.91. The van der Waals surface area contributed by atoms with Gasteiger partial charge in [-0.2, -0.15) is 0 Å². The molecule has 0 aromatic carbocycles. The Morgan fingerprint density at radius 2 is 2.15 bits per heavy atom. The minimum Gasteiger partial charge on any atom is -0.362 e. The van der Waals surface area contributed by atoms with Crippen LogP contribution in [0.1, 0.15) is 12.8 Å². The van der Waals surface area contributed by atoms with E-state index in [2.05, 4.69) is 22.6 Å². The maximum atomic E-state index is 5.15. The summed E-state index contributed by atoms with van der Waals surface area (Å²) >= 11 is 5.15. The van der Waals surface area contributed by atoms with E-state index in [1.807, 2.05) is 0 Å². The molecule has 2 fully saturated rings. The summed E-state index contributed by atoms with van der Waals surface area (Å²) in [7, 11) is 2.15. The van der Waals surface area contributed by atoms with Gasteiger partial charge in [0.1, 0.15) is 0 Å². The Kier molecular flexibility index (Phi) is 2.69. The molecule has 0 atom stereocenters. The molecule has 1 saturated heterocycles. The Balaban J connectivity index is 1.54. The van der Waals surface area contributed by atoms with Gasteiger partial charge in [0.05, 0.1) is 0 Å². The van der Waals surface area contributed by atoms with E-state index in [1.54, 1.807) is 0 Å². The third-order valence-corrected chi connectivity index (χ3v) is 2.87. The van der Waals surface area contributed by atoms with Crippen LogP contribution in [0.3, 0.4) is 0 Å². The molecule has 0 radical (unpaired) electrons. The minimum absolute atomic E-state index is 0.670. The van der Waals surface area contributed by atoms with Gasteiger partial charge in [-0.05, 0) is 32.1 Å². The molecular weight excluding hydrogens is 182 g/mol. The quantitative estimate of drug-likeness (QED) is 0.634. The lowest BCUT2D eigenvalue weighted by molar-refractivity contribution is 0.137. The normalized spacial score (nSPS) is 23.8. The average Bonchev–Trinajstić information content (AvgIpc) is 2.79. The first-order valence-corrected chi connectivity index (χ1v) is 5.38. The van der Waals surface area contributed by atoms with Gasteiger partial charge in [0.25, 0.3) is 0 Å². The number of rotatable bonds is 3. The number of nitrogens with zero attached hydrogens (tertiary/aromatic N) is 1. The summed E-state index contributed by atoms with van der Waals surface area (Å²) in [4.78, 5) is 2.32. The largest absolute Gasteiger partial charge is 0.362 e. The fraction of sp³-hybridized carbons (Fsp3) is 0.889. The molecular formula is C9H17N3S. The number of thiocarbonyl (C=S) groups is 1. The van der Waals surface area contributed by atoms with Gasteiger partial charge in [0.2, 0.25) is 0 Å². The zero-order chi connectivity index (χ0) is 9.26. The van der Waals surface area contributed by atoms with Crippen molar-refractivity contribution in [1.29, 1.82) is 0 Å². The molecule has 2 aliphatic rings. The standard InChI is InChI=1S/C9H17N3S/c1-12-5-7(6-12)4-10-9(13)11-8-2-3-8/h7-8H,2-6H2,1H3,(H2,10,11,13). The van der Waals surface area contributed by atoms with Crippen LogP contribution in [-0.4, -0.2) is 42.7 Å². The monoisotopic (exact) mass is 199 g/mol. The van der Waals surface area contributed by atoms with E-state index < -0.39 is 0 Å². The lowest BCUT2D eigenvalue weighted by Gasteiger charge is -2.36. The van der Waals surface area contributed by atoms with Gasteiger partial charge in [0, 0.05) is 31.6 Å². The second kappa shape index (κ2) is 3.80. The van der Waals surface area contributed by atoms with Crippen LogP contribution < -0.4 is 10.6 Å². The van der Waals surface area contributed by atoms with Crippen molar-refractivity contribution in [3.05, 3.63) is 0 Å². The Bertz CT molecular complexity index is 197. The van der Waals surface area contributed by atoms with Gasteiger partial charge in [0.15, 0.2) is 5.11 Å². The molecule has 4 heteroatoms. The summed E-state index contributed by atoms with van der Waals surface area (Å²) in [5, 5.41) is 7.39. The summed E-state index contributed by atoms with van der Waals surface area (Å²) < 4.78 is 0. The van der Waals surface area contributed by atoms with Crippen molar-refractivity contribution in [3.8, 4) is 0 Å². The zero-order valence-corrected chi connectivity index (χ0v) is 8.86. The third kappa shape index (κ3) is 2.81. The Labute approximate surface area is 84.9 Å². The Hall–Kier alpha value is -0.350. The predicted octanol–water partition coefficient (Wildman–Crippen LogP) is 0.174. The maximum absolute atomic E-state index is 5.15. The molecule has 13 heavy (non-hydrogen) atoms. The first-order valence-electron chi connectivity index (χ1n) is 4.97. The second-order valence-electron chi connectivity index (χ2n) is 4.22. The molecule has 0 unspecified atom stereocenters. The number of hydrogen-bond donors (Lipinski definition) is 2. The molecule has 1 aliphatic heterocycles. The van der Waals surface area contributed by atoms with Crippen molar-refractivity contribution in [3.63, 3.8) is 0 Å². The highest BCUT2D eigenvalue weighted by atomic mass is 32.1. The van der Waals surface area contributed by atoms with Crippen molar-refractivity contribution in [1.82, 2.24) is 15.5 Å². The van der Waals surface area contributed by atoms with E-state index in [9.17, 15) is 0 Å². The van der Waals surface area contributed by atoms with Gasteiger partial charge < -0.3 is 15.5 Å². The van der Waals surface area contributed by atoms with Gasteiger partial charge in [-0.25, -0.2) is 0 Å². The zero-order valence-electron chi connectivity index (χ0n) is 8.05. The molecule has 1 aliphatic carbocycles. The van der Waals surface area contributed by atoms with Crippen molar-refractivity contribution in [2.45, 2.75) is 18.9 Å². The van der Waals surface area contributed by atoms with Crippen LogP contribution in [0, 0.1) is 5.92 Å². The molecule has 3 nitrogen and oxygen atoms in total. The summed E-state index contributed by atoms with van der Waals surface area (Å²) in [5.41, 5.74) is 0. The van der Waals surface area contributed by atoms with E-state index in [0.29, 0.717) is 6.04 Å². The van der Waals surface area contributed by atoms with Crippen LogP contribution in [0.15, 0.2) is 0 Å². The lowest BCUT2D eigenvalue weighted by Crippen LogP contribution is -2.50. The third-order valence-electron chi connectivity index (χ3n) is 2.60. The number of likely N-dealkylation sites (tertiary alicyclic amines) is 1. The van der Waals surface area contributed by atoms with Gasteiger partial charge >= 0.3 is 0 Å². The van der Waals surface area contributed by atoms with Crippen LogP contribution in [0.4, 0.5) is 0 Å². The van der Waals surface area contributed by atoms with Crippen LogP contribution in [-0.2, 0) is 0 Å². The lowest BCUT2D eigenvalue weighted by atomic mass is 10.0. The van der Waals surface area contributed by atoms with Crippen molar-refractivity contribution < 1.29 is 0 Å². The highest BCUT2D eigenvalue weighted by Crippen LogP contribution is 2.18. The van der Waals surface area contributed by atoms with Gasteiger partial charge in [-0.1, -0.05) is 0 Å². The molecule has 0 amide bonds. The average molecular weight is 199 g/mol. The first-order chi connectivity index (χ1) is 6.24. The molecule has 2 rings (SSSR count). The van der Waals surface area contributed by atoms with Gasteiger partial charge in [-0.15, -0.1) is 0 Å². The highest BCUT2D eigenvalue weighted by molar-refractivity contribution is 7.80. The molecule has 2 N–H and O–H groups in total. The van der Waals surface area contributed by atoms with E-state index in [-0.39, 0.29) is 0 Å². The molecule has 0 aromatic rings. The topological polar surface area (TPSA) is 27.3 Å². The summed E-state index contributed by atoms with van der Waals surface area (Å²) in [6.45, 7) is 3.45. The molecule has 0 spiro atoms.